The van der Waals surface area contributed by atoms with Gasteiger partial charge in [0.2, 0.25) is 0 Å². The number of amidine groups is 1. The number of pyridine rings is 1. The highest BCUT2D eigenvalue weighted by atomic mass is 32.2. The van der Waals surface area contributed by atoms with Gasteiger partial charge in [0.15, 0.2) is 5.17 Å². The van der Waals surface area contributed by atoms with Gasteiger partial charge >= 0.3 is 0 Å². The fourth-order valence-electron chi connectivity index (χ4n) is 1.59. The maximum absolute atomic E-state index is 4.31. The predicted octanol–water partition coefficient (Wildman–Crippen LogP) is 2.64. The average molecular weight is 237 g/mol. The van der Waals surface area contributed by atoms with Gasteiger partial charge in [-0.3, -0.25) is 9.98 Å². The predicted molar refractivity (Wildman–Crippen MR) is 71.8 cm³/mol. The van der Waals surface area contributed by atoms with E-state index in [4.69, 9.17) is 0 Å². The molecule has 4 heteroatoms. The normalized spacial score (nSPS) is 11.6. The van der Waals surface area contributed by atoms with E-state index in [9.17, 15) is 0 Å². The molecule has 0 saturated heterocycles. The molecule has 0 radical (unpaired) electrons. The third-order valence-corrected chi connectivity index (χ3v) is 3.04. The highest BCUT2D eigenvalue weighted by molar-refractivity contribution is 8.13. The van der Waals surface area contributed by atoms with Crippen molar-refractivity contribution in [3.8, 4) is 0 Å². The molecule has 88 valence electrons. The van der Waals surface area contributed by atoms with Crippen LogP contribution in [0.4, 0.5) is 0 Å². The van der Waals surface area contributed by atoms with Gasteiger partial charge in [-0.05, 0) is 24.3 Å². The summed E-state index contributed by atoms with van der Waals surface area (Å²) in [7, 11) is 1.84. The summed E-state index contributed by atoms with van der Waals surface area (Å²) in [6.45, 7) is 4.10. The second kappa shape index (κ2) is 7.28. The Morgan fingerprint density at radius 3 is 2.88 bits per heavy atom. The summed E-state index contributed by atoms with van der Waals surface area (Å²) in [5.41, 5.74) is 1.23. The Balaban J connectivity index is 2.72. The Hall–Kier alpha value is -1.03. The first-order chi connectivity index (χ1) is 7.81. The van der Waals surface area contributed by atoms with E-state index in [0.717, 1.165) is 24.7 Å². The number of hydrogen-bond donors (Lipinski definition) is 0. The number of thioether (sulfide) groups is 1. The number of rotatable bonds is 4. The van der Waals surface area contributed by atoms with Crippen LogP contribution >= 0.6 is 11.8 Å². The molecule has 0 spiro atoms. The van der Waals surface area contributed by atoms with Crippen LogP contribution < -0.4 is 0 Å². The SMILES string of the molecule is CCCN(Cc1cccnc1)C(=NC)SC. The highest BCUT2D eigenvalue weighted by Crippen LogP contribution is 2.10. The molecule has 0 N–H and O–H groups in total. The third kappa shape index (κ3) is 3.85. The van der Waals surface area contributed by atoms with E-state index in [0.29, 0.717) is 0 Å². The van der Waals surface area contributed by atoms with Crippen molar-refractivity contribution in [2.24, 2.45) is 4.99 Å². The second-order valence-electron chi connectivity index (χ2n) is 3.49. The maximum atomic E-state index is 4.31. The van der Waals surface area contributed by atoms with Crippen LogP contribution in [-0.4, -0.2) is 34.9 Å². The molecule has 0 aliphatic rings. The zero-order valence-corrected chi connectivity index (χ0v) is 11.0. The summed E-state index contributed by atoms with van der Waals surface area (Å²) < 4.78 is 0. The first-order valence-corrected chi connectivity index (χ1v) is 6.69. The van der Waals surface area contributed by atoms with E-state index in [1.807, 2.05) is 19.3 Å². The van der Waals surface area contributed by atoms with Gasteiger partial charge in [-0.25, -0.2) is 0 Å². The van der Waals surface area contributed by atoms with E-state index in [1.165, 1.54) is 5.56 Å². The summed E-state index contributed by atoms with van der Waals surface area (Å²) >= 11 is 1.69. The van der Waals surface area contributed by atoms with Crippen LogP contribution in [0.3, 0.4) is 0 Å². The molecular formula is C12H19N3S. The van der Waals surface area contributed by atoms with Crippen LogP contribution in [0.5, 0.6) is 0 Å². The minimum Gasteiger partial charge on any atom is -0.347 e. The molecular weight excluding hydrogens is 218 g/mol. The van der Waals surface area contributed by atoms with E-state index in [1.54, 1.807) is 18.0 Å². The Bertz CT molecular complexity index is 324. The van der Waals surface area contributed by atoms with Gasteiger partial charge < -0.3 is 4.90 Å². The van der Waals surface area contributed by atoms with Crippen molar-refractivity contribution < 1.29 is 0 Å². The summed E-state index contributed by atoms with van der Waals surface area (Å²) in [5.74, 6) is 0. The molecule has 1 heterocycles. The Morgan fingerprint density at radius 1 is 1.56 bits per heavy atom. The third-order valence-electron chi connectivity index (χ3n) is 2.23. The molecule has 1 aromatic heterocycles. The monoisotopic (exact) mass is 237 g/mol. The zero-order valence-electron chi connectivity index (χ0n) is 10.2. The van der Waals surface area contributed by atoms with Crippen molar-refractivity contribution in [1.29, 1.82) is 0 Å². The molecule has 0 unspecified atom stereocenters. The van der Waals surface area contributed by atoms with Gasteiger partial charge in [0.1, 0.15) is 0 Å². The van der Waals surface area contributed by atoms with Crippen molar-refractivity contribution in [1.82, 2.24) is 9.88 Å². The summed E-state index contributed by atoms with van der Waals surface area (Å²) in [6.07, 6.45) is 6.90. The molecule has 1 aromatic rings. The molecule has 0 saturated carbocycles. The minimum absolute atomic E-state index is 0.884. The quantitative estimate of drug-likeness (QED) is 0.595. The molecule has 0 bridgehead atoms. The van der Waals surface area contributed by atoms with Crippen LogP contribution in [0.25, 0.3) is 0 Å². The first-order valence-electron chi connectivity index (χ1n) is 5.46. The number of aliphatic imine (C=N–C) groups is 1. The van der Waals surface area contributed by atoms with Crippen molar-refractivity contribution in [2.45, 2.75) is 19.9 Å². The van der Waals surface area contributed by atoms with Gasteiger partial charge in [-0.15, -0.1) is 0 Å². The molecule has 0 aliphatic heterocycles. The van der Waals surface area contributed by atoms with Crippen LogP contribution in [0.15, 0.2) is 29.5 Å². The summed E-state index contributed by atoms with van der Waals surface area (Å²) in [4.78, 5) is 10.7. The standard InChI is InChI=1S/C12H19N3S/c1-4-8-15(12(13-2)16-3)10-11-6-5-7-14-9-11/h5-7,9H,4,8,10H2,1-3H3. The minimum atomic E-state index is 0.884. The topological polar surface area (TPSA) is 28.5 Å². The Kier molecular flexibility index (Phi) is 5.93. The van der Waals surface area contributed by atoms with Crippen LogP contribution in [-0.2, 0) is 6.54 Å². The lowest BCUT2D eigenvalue weighted by Gasteiger charge is -2.24. The van der Waals surface area contributed by atoms with E-state index in [2.05, 4.69) is 34.1 Å². The molecule has 0 aromatic carbocycles. The molecule has 1 rings (SSSR count). The summed E-state index contributed by atoms with van der Waals surface area (Å²) in [5, 5.41) is 1.09. The number of aromatic nitrogens is 1. The van der Waals surface area contributed by atoms with Gasteiger partial charge in [0.25, 0.3) is 0 Å². The zero-order chi connectivity index (χ0) is 11.8. The van der Waals surface area contributed by atoms with Crippen LogP contribution in [0, 0.1) is 0 Å². The molecule has 0 atom stereocenters. The number of hydrogen-bond acceptors (Lipinski definition) is 3. The van der Waals surface area contributed by atoms with E-state index >= 15 is 0 Å². The molecule has 16 heavy (non-hydrogen) atoms. The average Bonchev–Trinajstić information content (AvgIpc) is 2.32. The van der Waals surface area contributed by atoms with Gasteiger partial charge in [-0.2, -0.15) is 0 Å². The Labute approximate surface area is 102 Å². The highest BCUT2D eigenvalue weighted by Gasteiger charge is 2.09. The van der Waals surface area contributed by atoms with Crippen molar-refractivity contribution in [3.63, 3.8) is 0 Å². The molecule has 3 nitrogen and oxygen atoms in total. The van der Waals surface area contributed by atoms with Crippen molar-refractivity contribution in [2.75, 3.05) is 19.8 Å². The number of nitrogens with zero attached hydrogens (tertiary/aromatic N) is 3. The lowest BCUT2D eigenvalue weighted by Crippen LogP contribution is -2.29. The van der Waals surface area contributed by atoms with Crippen molar-refractivity contribution >= 4 is 16.9 Å². The molecule has 0 amide bonds. The van der Waals surface area contributed by atoms with Gasteiger partial charge in [0, 0.05) is 32.5 Å². The largest absolute Gasteiger partial charge is 0.347 e. The lowest BCUT2D eigenvalue weighted by atomic mass is 10.2. The second-order valence-corrected chi connectivity index (χ2v) is 4.27. The maximum Gasteiger partial charge on any atom is 0.158 e. The van der Waals surface area contributed by atoms with Gasteiger partial charge in [-0.1, -0.05) is 24.8 Å². The fourth-order valence-corrected chi connectivity index (χ4v) is 2.18. The molecule has 0 fully saturated rings. The fraction of sp³-hybridized carbons (Fsp3) is 0.500. The van der Waals surface area contributed by atoms with Crippen LogP contribution in [0.2, 0.25) is 0 Å². The smallest absolute Gasteiger partial charge is 0.158 e. The Morgan fingerprint density at radius 2 is 2.38 bits per heavy atom. The van der Waals surface area contributed by atoms with Gasteiger partial charge in [0.05, 0.1) is 0 Å². The first kappa shape index (κ1) is 13.0. The van der Waals surface area contributed by atoms with E-state index < -0.39 is 0 Å². The van der Waals surface area contributed by atoms with Crippen molar-refractivity contribution in [3.05, 3.63) is 30.1 Å². The summed E-state index contributed by atoms with van der Waals surface area (Å²) in [6, 6.07) is 4.07. The molecule has 0 aliphatic carbocycles. The van der Waals surface area contributed by atoms with E-state index in [-0.39, 0.29) is 0 Å². The lowest BCUT2D eigenvalue weighted by molar-refractivity contribution is 0.419. The van der Waals surface area contributed by atoms with Crippen LogP contribution in [0.1, 0.15) is 18.9 Å².